The Kier molecular flexibility index (Phi) is 7.18. The van der Waals surface area contributed by atoms with Gasteiger partial charge in [0.1, 0.15) is 12.4 Å². The summed E-state index contributed by atoms with van der Waals surface area (Å²) in [4.78, 5) is 28.2. The molecule has 0 radical (unpaired) electrons. The van der Waals surface area contributed by atoms with E-state index < -0.39 is 21.5 Å². The molecule has 0 N–H and O–H groups in total. The molecule has 0 spiro atoms. The minimum atomic E-state index is -3.65. The van der Waals surface area contributed by atoms with Gasteiger partial charge in [-0.2, -0.15) is 0 Å². The van der Waals surface area contributed by atoms with E-state index in [4.69, 9.17) is 4.74 Å². The number of rotatable bonds is 7. The summed E-state index contributed by atoms with van der Waals surface area (Å²) < 4.78 is 29.9. The Morgan fingerprint density at radius 2 is 1.90 bits per heavy atom. The summed E-state index contributed by atoms with van der Waals surface area (Å²) in [6, 6.07) is 9.19. The minimum Gasteiger partial charge on any atom is -0.447 e. The maximum atomic E-state index is 12.5. The van der Waals surface area contributed by atoms with Gasteiger partial charge in [-0.1, -0.05) is 50.6 Å². The van der Waals surface area contributed by atoms with Gasteiger partial charge >= 0.3 is 6.09 Å². The molecule has 0 saturated carbocycles. The van der Waals surface area contributed by atoms with Crippen LogP contribution in [-0.2, 0) is 19.4 Å². The second kappa shape index (κ2) is 9.64. The summed E-state index contributed by atoms with van der Waals surface area (Å²) in [6.07, 6.45) is 3.45. The van der Waals surface area contributed by atoms with Crippen molar-refractivity contribution in [1.82, 2.24) is 9.80 Å². The number of carbonyl (C=O) groups excluding carboxylic acids is 2. The molecule has 0 aliphatic carbocycles. The average molecular weight is 435 g/mol. The van der Waals surface area contributed by atoms with Crippen molar-refractivity contribution in [2.45, 2.75) is 45.2 Å². The van der Waals surface area contributed by atoms with Crippen molar-refractivity contribution in [3.05, 3.63) is 41.3 Å². The Hall–Kier alpha value is -2.35. The van der Waals surface area contributed by atoms with Crippen LogP contribution in [0.5, 0.6) is 0 Å². The maximum absolute atomic E-state index is 12.5. The van der Waals surface area contributed by atoms with Gasteiger partial charge < -0.3 is 9.64 Å². The number of carbonyl (C=O) groups is 2. The van der Waals surface area contributed by atoms with Crippen LogP contribution < -0.4 is 0 Å². The zero-order valence-corrected chi connectivity index (χ0v) is 18.4. The zero-order valence-electron chi connectivity index (χ0n) is 17.6. The van der Waals surface area contributed by atoms with E-state index in [1.807, 2.05) is 23.1 Å². The summed E-state index contributed by atoms with van der Waals surface area (Å²) in [5.74, 6) is -0.589. The Bertz CT molecular complexity index is 876. The molecule has 2 fully saturated rings. The molecule has 7 nitrogen and oxygen atoms in total. The Balaban J connectivity index is 1.55. The SMILES string of the molecule is CCC(C)C1COC(=O)N1C1CCN(C(=O)CS(=O)(=O)C=Cc2ccccc2)CC1. The van der Waals surface area contributed by atoms with Crippen LogP contribution in [0.3, 0.4) is 0 Å². The monoisotopic (exact) mass is 434 g/mol. The van der Waals surface area contributed by atoms with Crippen molar-refractivity contribution >= 4 is 27.9 Å². The van der Waals surface area contributed by atoms with Gasteiger partial charge in [-0.15, -0.1) is 0 Å². The molecule has 8 heteroatoms. The Morgan fingerprint density at radius 3 is 2.53 bits per heavy atom. The van der Waals surface area contributed by atoms with Crippen LogP contribution in [-0.4, -0.2) is 67.8 Å². The third-order valence-electron chi connectivity index (χ3n) is 6.05. The highest BCUT2D eigenvalue weighted by Crippen LogP contribution is 2.28. The lowest BCUT2D eigenvalue weighted by Gasteiger charge is -2.39. The number of hydrogen-bond acceptors (Lipinski definition) is 5. The smallest absolute Gasteiger partial charge is 0.410 e. The first kappa shape index (κ1) is 22.3. The molecule has 1 aromatic rings. The number of sulfone groups is 1. The summed E-state index contributed by atoms with van der Waals surface area (Å²) in [5.41, 5.74) is 0.766. The van der Waals surface area contributed by atoms with Gasteiger partial charge in [0.05, 0.1) is 6.04 Å². The van der Waals surface area contributed by atoms with Crippen LogP contribution in [0.25, 0.3) is 6.08 Å². The fraction of sp³-hybridized carbons (Fsp3) is 0.545. The van der Waals surface area contributed by atoms with Crippen molar-refractivity contribution in [1.29, 1.82) is 0 Å². The molecule has 2 aliphatic heterocycles. The van der Waals surface area contributed by atoms with E-state index >= 15 is 0 Å². The van der Waals surface area contributed by atoms with Crippen LogP contribution >= 0.6 is 0 Å². The van der Waals surface area contributed by atoms with Crippen molar-refractivity contribution < 1.29 is 22.7 Å². The first-order chi connectivity index (χ1) is 14.3. The highest BCUT2D eigenvalue weighted by atomic mass is 32.2. The molecular weight excluding hydrogens is 404 g/mol. The number of benzene rings is 1. The van der Waals surface area contributed by atoms with Crippen LogP contribution in [0, 0.1) is 5.92 Å². The topological polar surface area (TPSA) is 84.0 Å². The van der Waals surface area contributed by atoms with E-state index in [9.17, 15) is 18.0 Å². The van der Waals surface area contributed by atoms with Gasteiger partial charge in [0.2, 0.25) is 5.91 Å². The second-order valence-electron chi connectivity index (χ2n) is 8.07. The van der Waals surface area contributed by atoms with E-state index in [0.717, 1.165) is 17.4 Å². The van der Waals surface area contributed by atoms with E-state index in [0.29, 0.717) is 38.5 Å². The molecular formula is C22H30N2O5S. The predicted octanol–water partition coefficient (Wildman–Crippen LogP) is 2.93. The van der Waals surface area contributed by atoms with Crippen LogP contribution in [0.4, 0.5) is 4.79 Å². The molecule has 2 amide bonds. The van der Waals surface area contributed by atoms with Gasteiger partial charge in [0.25, 0.3) is 0 Å². The predicted molar refractivity (Wildman–Crippen MR) is 115 cm³/mol. The Labute approximate surface area is 178 Å². The number of likely N-dealkylation sites (tertiary alicyclic amines) is 1. The first-order valence-corrected chi connectivity index (χ1v) is 12.2. The quantitative estimate of drug-likeness (QED) is 0.659. The number of amides is 2. The van der Waals surface area contributed by atoms with Gasteiger partial charge in [-0.25, -0.2) is 13.2 Å². The molecule has 0 aromatic heterocycles. The van der Waals surface area contributed by atoms with Crippen LogP contribution in [0.1, 0.15) is 38.7 Å². The highest BCUT2D eigenvalue weighted by Gasteiger charge is 2.41. The maximum Gasteiger partial charge on any atom is 0.410 e. The number of ether oxygens (including phenoxy) is 1. The van der Waals surface area contributed by atoms with Crippen molar-refractivity contribution in [2.24, 2.45) is 5.92 Å². The summed E-state index contributed by atoms with van der Waals surface area (Å²) >= 11 is 0. The third kappa shape index (κ3) is 5.41. The molecule has 164 valence electrons. The lowest BCUT2D eigenvalue weighted by molar-refractivity contribution is -0.129. The lowest BCUT2D eigenvalue weighted by Crippen LogP contribution is -2.51. The molecule has 1 aromatic carbocycles. The number of piperidine rings is 1. The van der Waals surface area contributed by atoms with E-state index in [-0.39, 0.29) is 18.2 Å². The molecule has 2 aliphatic rings. The Morgan fingerprint density at radius 1 is 1.23 bits per heavy atom. The number of hydrogen-bond donors (Lipinski definition) is 0. The van der Waals surface area contributed by atoms with Gasteiger partial charge in [-0.05, 0) is 30.4 Å². The third-order valence-corrected chi connectivity index (χ3v) is 7.25. The molecule has 2 saturated heterocycles. The standard InChI is InChI=1S/C22H30N2O5S/c1-3-17(2)20-15-29-22(26)24(20)19-9-12-23(13-10-19)21(25)16-30(27,28)14-11-18-7-5-4-6-8-18/h4-8,11,14,17,19-20H,3,9-10,12-13,15-16H2,1-2H3. The van der Waals surface area contributed by atoms with Crippen molar-refractivity contribution in [2.75, 3.05) is 25.4 Å². The average Bonchev–Trinajstić information content (AvgIpc) is 3.13. The lowest BCUT2D eigenvalue weighted by atomic mass is 9.95. The van der Waals surface area contributed by atoms with E-state index in [2.05, 4.69) is 13.8 Å². The molecule has 2 unspecified atom stereocenters. The highest BCUT2D eigenvalue weighted by molar-refractivity contribution is 7.95. The normalized spacial score (nSPS) is 21.8. The zero-order chi connectivity index (χ0) is 21.7. The van der Waals surface area contributed by atoms with Crippen molar-refractivity contribution in [3.63, 3.8) is 0 Å². The summed E-state index contributed by atoms with van der Waals surface area (Å²) in [6.45, 7) is 5.52. The molecule has 2 heterocycles. The minimum absolute atomic E-state index is 0.0256. The molecule has 0 bridgehead atoms. The van der Waals surface area contributed by atoms with Gasteiger partial charge in [-0.3, -0.25) is 9.69 Å². The van der Waals surface area contributed by atoms with E-state index in [1.165, 1.54) is 6.08 Å². The van der Waals surface area contributed by atoms with Gasteiger partial charge in [0.15, 0.2) is 9.84 Å². The molecule has 30 heavy (non-hydrogen) atoms. The summed E-state index contributed by atoms with van der Waals surface area (Å²) in [5, 5.41) is 1.10. The van der Waals surface area contributed by atoms with Crippen molar-refractivity contribution in [3.8, 4) is 0 Å². The second-order valence-corrected chi connectivity index (χ2v) is 9.96. The largest absolute Gasteiger partial charge is 0.447 e. The fourth-order valence-corrected chi connectivity index (χ4v) is 5.02. The van der Waals surface area contributed by atoms with E-state index in [1.54, 1.807) is 17.0 Å². The fourth-order valence-electron chi connectivity index (χ4n) is 4.03. The summed E-state index contributed by atoms with van der Waals surface area (Å²) in [7, 11) is -3.65. The number of nitrogens with zero attached hydrogens (tertiary/aromatic N) is 2. The molecule has 3 rings (SSSR count). The van der Waals surface area contributed by atoms with Gasteiger partial charge in [0, 0.05) is 24.5 Å². The first-order valence-electron chi connectivity index (χ1n) is 10.5. The molecule has 2 atom stereocenters. The van der Waals surface area contributed by atoms with Crippen LogP contribution in [0.15, 0.2) is 35.7 Å². The van der Waals surface area contributed by atoms with Crippen LogP contribution in [0.2, 0.25) is 0 Å². The number of cyclic esters (lactones) is 1.